The molecule has 0 fully saturated rings. The SMILES string of the molecule is CCOC(=O)c1c[se]c(N(CC)CC)n1. The second-order valence-corrected chi connectivity index (χ2v) is 4.66. The Morgan fingerprint density at radius 3 is 2.67 bits per heavy atom. The van der Waals surface area contributed by atoms with Crippen LogP contribution in [0.25, 0.3) is 0 Å². The fourth-order valence-electron chi connectivity index (χ4n) is 1.20. The average Bonchev–Trinajstić information content (AvgIpc) is 2.69. The third-order valence-electron chi connectivity index (χ3n) is 2.01. The molecule has 0 saturated heterocycles. The first-order chi connectivity index (χ1) is 7.22. The molecule has 15 heavy (non-hydrogen) atoms. The van der Waals surface area contributed by atoms with Crippen molar-refractivity contribution in [2.24, 2.45) is 0 Å². The van der Waals surface area contributed by atoms with Crippen LogP contribution in [0.4, 0.5) is 4.69 Å². The fourth-order valence-corrected chi connectivity index (χ4v) is 3.14. The standard InChI is InChI=1S/C10H16N2O2Se/c1-4-12(5-2)10-11-8(7-15-10)9(13)14-6-3/h7H,4-6H2,1-3H3. The monoisotopic (exact) mass is 276 g/mol. The second kappa shape index (κ2) is 5.93. The van der Waals surface area contributed by atoms with Crippen LogP contribution < -0.4 is 4.90 Å². The average molecular weight is 275 g/mol. The van der Waals surface area contributed by atoms with E-state index in [0.29, 0.717) is 12.3 Å². The first kappa shape index (κ1) is 12.3. The van der Waals surface area contributed by atoms with Gasteiger partial charge in [-0.05, 0) is 0 Å². The van der Waals surface area contributed by atoms with Gasteiger partial charge in [-0.2, -0.15) is 0 Å². The van der Waals surface area contributed by atoms with Crippen LogP contribution in [0.1, 0.15) is 31.3 Å². The van der Waals surface area contributed by atoms with Gasteiger partial charge in [0.05, 0.1) is 0 Å². The van der Waals surface area contributed by atoms with Gasteiger partial charge in [0.2, 0.25) is 0 Å². The van der Waals surface area contributed by atoms with Crippen molar-refractivity contribution in [3.63, 3.8) is 0 Å². The van der Waals surface area contributed by atoms with Crippen LogP contribution in [-0.4, -0.2) is 45.2 Å². The van der Waals surface area contributed by atoms with Crippen LogP contribution in [0, 0.1) is 0 Å². The second-order valence-electron chi connectivity index (χ2n) is 2.91. The molecule has 0 aliphatic heterocycles. The summed E-state index contributed by atoms with van der Waals surface area (Å²) in [5, 5.41) is 0. The van der Waals surface area contributed by atoms with Crippen LogP contribution in [0.5, 0.6) is 0 Å². The summed E-state index contributed by atoms with van der Waals surface area (Å²) in [7, 11) is 0. The number of aromatic nitrogens is 1. The molecule has 1 heterocycles. The van der Waals surface area contributed by atoms with Gasteiger partial charge in [0.15, 0.2) is 0 Å². The van der Waals surface area contributed by atoms with E-state index in [4.69, 9.17) is 4.74 Å². The number of esters is 1. The quantitative estimate of drug-likeness (QED) is 0.597. The Morgan fingerprint density at radius 2 is 2.13 bits per heavy atom. The first-order valence-corrected chi connectivity index (χ1v) is 6.95. The Hall–Kier alpha value is -0.801. The molecule has 1 rings (SSSR count). The van der Waals surface area contributed by atoms with Gasteiger partial charge in [-0.3, -0.25) is 0 Å². The van der Waals surface area contributed by atoms with E-state index < -0.39 is 0 Å². The predicted octanol–water partition coefficient (Wildman–Crippen LogP) is 1.16. The summed E-state index contributed by atoms with van der Waals surface area (Å²) >= 11 is 0.175. The zero-order chi connectivity index (χ0) is 11.3. The summed E-state index contributed by atoms with van der Waals surface area (Å²) in [6, 6.07) is 0. The van der Waals surface area contributed by atoms with Gasteiger partial charge >= 0.3 is 95.7 Å². The van der Waals surface area contributed by atoms with Gasteiger partial charge in [0.25, 0.3) is 0 Å². The number of rotatable bonds is 5. The number of carbonyl (C=O) groups excluding carboxylic acids is 1. The summed E-state index contributed by atoms with van der Waals surface area (Å²) in [6.45, 7) is 8.24. The first-order valence-electron chi connectivity index (χ1n) is 5.10. The van der Waals surface area contributed by atoms with Gasteiger partial charge in [-0.15, -0.1) is 0 Å². The molecule has 0 aliphatic carbocycles. The van der Waals surface area contributed by atoms with Crippen LogP contribution in [-0.2, 0) is 4.74 Å². The molecule has 0 aliphatic rings. The zero-order valence-corrected chi connectivity index (χ0v) is 11.0. The van der Waals surface area contributed by atoms with E-state index in [9.17, 15) is 4.79 Å². The number of carbonyl (C=O) groups is 1. The van der Waals surface area contributed by atoms with Gasteiger partial charge < -0.3 is 0 Å². The number of hydrogen-bond donors (Lipinski definition) is 0. The van der Waals surface area contributed by atoms with Crippen molar-refractivity contribution in [2.45, 2.75) is 20.8 Å². The molecule has 0 radical (unpaired) electrons. The van der Waals surface area contributed by atoms with Gasteiger partial charge in [-0.25, -0.2) is 0 Å². The number of hydrogen-bond acceptors (Lipinski definition) is 4. The molecule has 0 saturated carbocycles. The van der Waals surface area contributed by atoms with Crippen molar-refractivity contribution in [3.05, 3.63) is 10.6 Å². The van der Waals surface area contributed by atoms with Crippen LogP contribution in [0.3, 0.4) is 0 Å². The fraction of sp³-hybridized carbons (Fsp3) is 0.600. The molecule has 5 heteroatoms. The van der Waals surface area contributed by atoms with E-state index in [1.54, 1.807) is 6.92 Å². The van der Waals surface area contributed by atoms with E-state index in [2.05, 4.69) is 23.7 Å². The Morgan fingerprint density at radius 1 is 1.47 bits per heavy atom. The molecule has 1 aromatic rings. The van der Waals surface area contributed by atoms with Gasteiger partial charge in [0.1, 0.15) is 0 Å². The van der Waals surface area contributed by atoms with Crippen molar-refractivity contribution in [1.82, 2.24) is 4.98 Å². The number of ether oxygens (including phenoxy) is 1. The molecule has 1 aromatic heterocycles. The molecular formula is C10H16N2O2Se. The number of anilines is 1. The molecule has 0 amide bonds. The van der Waals surface area contributed by atoms with Crippen LogP contribution >= 0.6 is 0 Å². The summed E-state index contributed by atoms with van der Waals surface area (Å²) < 4.78 is 5.92. The molecule has 0 atom stereocenters. The summed E-state index contributed by atoms with van der Waals surface area (Å²) in [5.41, 5.74) is 0.471. The van der Waals surface area contributed by atoms with E-state index >= 15 is 0 Å². The van der Waals surface area contributed by atoms with Crippen LogP contribution in [0.2, 0.25) is 0 Å². The maximum atomic E-state index is 11.4. The van der Waals surface area contributed by atoms with Crippen molar-refractivity contribution in [1.29, 1.82) is 0 Å². The minimum atomic E-state index is -0.304. The van der Waals surface area contributed by atoms with E-state index in [-0.39, 0.29) is 20.5 Å². The van der Waals surface area contributed by atoms with E-state index in [1.165, 1.54) is 0 Å². The van der Waals surface area contributed by atoms with Gasteiger partial charge in [-0.1, -0.05) is 0 Å². The van der Waals surface area contributed by atoms with E-state index in [0.717, 1.165) is 17.8 Å². The Kier molecular flexibility index (Phi) is 4.85. The minimum absolute atomic E-state index is 0.175. The summed E-state index contributed by atoms with van der Waals surface area (Å²) in [6.07, 6.45) is 0. The molecule has 0 spiro atoms. The van der Waals surface area contributed by atoms with E-state index in [1.807, 2.05) is 4.94 Å². The van der Waals surface area contributed by atoms with Crippen molar-refractivity contribution in [2.75, 3.05) is 24.6 Å². The maximum absolute atomic E-state index is 11.4. The zero-order valence-electron chi connectivity index (χ0n) is 9.32. The summed E-state index contributed by atoms with van der Waals surface area (Å²) in [4.78, 5) is 19.7. The van der Waals surface area contributed by atoms with Crippen molar-refractivity contribution < 1.29 is 9.53 Å². The molecule has 0 unspecified atom stereocenters. The van der Waals surface area contributed by atoms with Gasteiger partial charge in [0, 0.05) is 0 Å². The predicted molar refractivity (Wildman–Crippen MR) is 60.7 cm³/mol. The topological polar surface area (TPSA) is 42.4 Å². The molecule has 84 valence electrons. The molecular weight excluding hydrogens is 259 g/mol. The Balaban J connectivity index is 2.75. The Labute approximate surface area is 96.0 Å². The summed E-state index contributed by atoms with van der Waals surface area (Å²) in [5.74, 6) is -0.304. The molecule has 0 bridgehead atoms. The number of nitrogens with zero attached hydrogens (tertiary/aromatic N) is 2. The van der Waals surface area contributed by atoms with Crippen molar-refractivity contribution in [3.8, 4) is 0 Å². The third kappa shape index (κ3) is 3.08. The molecule has 0 aromatic carbocycles. The van der Waals surface area contributed by atoms with Crippen LogP contribution in [0.15, 0.2) is 4.94 Å². The third-order valence-corrected chi connectivity index (χ3v) is 3.90. The van der Waals surface area contributed by atoms with Crippen molar-refractivity contribution >= 4 is 25.2 Å². The molecule has 4 nitrogen and oxygen atoms in total. The molecule has 0 N–H and O–H groups in total. The normalized spacial score (nSPS) is 10.1. The Bertz CT molecular complexity index is 321.